The largest absolute Gasteiger partial charge is 0.497 e. The lowest BCUT2D eigenvalue weighted by atomic mass is 9.95. The highest BCUT2D eigenvalue weighted by atomic mass is 16.8. The molecule has 0 bridgehead atoms. The van der Waals surface area contributed by atoms with Crippen molar-refractivity contribution in [2.45, 2.75) is 102 Å². The molecule has 3 heterocycles. The van der Waals surface area contributed by atoms with E-state index in [1.54, 1.807) is 48.5 Å². The number of esters is 5. The molecule has 0 aromatic heterocycles. The van der Waals surface area contributed by atoms with Crippen LogP contribution in [-0.4, -0.2) is 112 Å². The van der Waals surface area contributed by atoms with Crippen LogP contribution in [0.15, 0.2) is 54.6 Å². The van der Waals surface area contributed by atoms with Gasteiger partial charge in [-0.05, 0) is 24.3 Å². The number of fused-ring (bicyclic) bond motifs is 1. The van der Waals surface area contributed by atoms with Crippen LogP contribution >= 0.6 is 0 Å². The molecule has 5 rings (SSSR count). The van der Waals surface area contributed by atoms with Gasteiger partial charge in [-0.3, -0.25) is 24.0 Å². The van der Waals surface area contributed by atoms with Crippen LogP contribution in [0.2, 0.25) is 0 Å². The molecule has 3 aliphatic heterocycles. The average molecular weight is 747 g/mol. The molecule has 53 heavy (non-hydrogen) atoms. The van der Waals surface area contributed by atoms with Crippen LogP contribution < -0.4 is 9.47 Å². The van der Waals surface area contributed by atoms with Gasteiger partial charge in [0.15, 0.2) is 30.9 Å². The van der Waals surface area contributed by atoms with Gasteiger partial charge < -0.3 is 56.8 Å². The second-order valence-corrected chi connectivity index (χ2v) is 12.3. The lowest BCUT2D eigenvalue weighted by molar-refractivity contribution is -0.383. The summed E-state index contributed by atoms with van der Waals surface area (Å²) in [6.45, 7) is 5.19. The number of methoxy groups -OCH3 is 1. The van der Waals surface area contributed by atoms with Crippen LogP contribution in [0.5, 0.6) is 11.5 Å². The zero-order chi connectivity index (χ0) is 38.2. The van der Waals surface area contributed by atoms with Gasteiger partial charge in [0.2, 0.25) is 12.4 Å². The third-order valence-corrected chi connectivity index (χ3v) is 8.21. The predicted octanol–water partition coefficient (Wildman–Crippen LogP) is 2.31. The Labute approximate surface area is 304 Å². The van der Waals surface area contributed by atoms with Crippen LogP contribution in [0.25, 0.3) is 0 Å². The molecule has 0 aliphatic carbocycles. The lowest BCUT2D eigenvalue weighted by Gasteiger charge is -2.50. The van der Waals surface area contributed by atoms with Crippen LogP contribution in [0.1, 0.15) is 46.5 Å². The summed E-state index contributed by atoms with van der Waals surface area (Å²) in [4.78, 5) is 62.1. The fourth-order valence-electron chi connectivity index (χ4n) is 6.14. The van der Waals surface area contributed by atoms with E-state index in [2.05, 4.69) is 0 Å². The number of ether oxygens (including phenoxy) is 12. The van der Waals surface area contributed by atoms with E-state index < -0.39 is 104 Å². The summed E-state index contributed by atoms with van der Waals surface area (Å²) >= 11 is 0. The summed E-state index contributed by atoms with van der Waals surface area (Å²) in [5, 5.41) is 0. The highest BCUT2D eigenvalue weighted by Crippen LogP contribution is 2.39. The summed E-state index contributed by atoms with van der Waals surface area (Å²) in [7, 11) is 1.49. The minimum Gasteiger partial charge on any atom is -0.497 e. The molecule has 11 atom stereocenters. The van der Waals surface area contributed by atoms with Crippen LogP contribution in [-0.2, 0) is 71.3 Å². The first kappa shape index (κ1) is 39.4. The minimum absolute atomic E-state index is 0.0755. The Hall–Kier alpha value is -4.81. The first-order valence-corrected chi connectivity index (χ1v) is 16.7. The summed E-state index contributed by atoms with van der Waals surface area (Å²) in [6, 6.07) is 15.4. The molecule has 3 aliphatic rings. The molecule has 0 amide bonds. The van der Waals surface area contributed by atoms with Crippen molar-refractivity contribution in [1.29, 1.82) is 0 Å². The third-order valence-electron chi connectivity index (χ3n) is 8.21. The smallest absolute Gasteiger partial charge is 0.303 e. The van der Waals surface area contributed by atoms with Crippen molar-refractivity contribution in [2.24, 2.45) is 0 Å². The van der Waals surface area contributed by atoms with Crippen molar-refractivity contribution in [3.63, 3.8) is 0 Å². The van der Waals surface area contributed by atoms with E-state index in [-0.39, 0.29) is 12.4 Å². The van der Waals surface area contributed by atoms with Crippen LogP contribution in [0, 0.1) is 0 Å². The maximum Gasteiger partial charge on any atom is 0.303 e. The molecule has 17 heteroatoms. The highest BCUT2D eigenvalue weighted by Gasteiger charge is 2.58. The Bertz CT molecular complexity index is 1580. The van der Waals surface area contributed by atoms with E-state index >= 15 is 0 Å². The number of hydrogen-bond acceptors (Lipinski definition) is 17. The second-order valence-electron chi connectivity index (χ2n) is 12.3. The average Bonchev–Trinajstić information content (AvgIpc) is 3.11. The Balaban J connectivity index is 1.51. The number of carbonyl (C=O) groups is 5. The number of carbonyl (C=O) groups excluding carboxylic acids is 5. The molecule has 2 aromatic rings. The summed E-state index contributed by atoms with van der Waals surface area (Å²) in [5.41, 5.74) is 0.676. The fraction of sp³-hybridized carbons (Fsp3) is 0.528. The first-order valence-electron chi connectivity index (χ1n) is 16.7. The zero-order valence-electron chi connectivity index (χ0n) is 29.9. The molecule has 288 valence electrons. The van der Waals surface area contributed by atoms with Gasteiger partial charge in [0.05, 0.1) is 13.7 Å². The predicted molar refractivity (Wildman–Crippen MR) is 175 cm³/mol. The maximum absolute atomic E-state index is 12.6. The Morgan fingerprint density at radius 3 is 1.77 bits per heavy atom. The van der Waals surface area contributed by atoms with Gasteiger partial charge >= 0.3 is 29.8 Å². The molecular formula is C36H42O17. The van der Waals surface area contributed by atoms with E-state index in [4.69, 9.17) is 56.8 Å². The summed E-state index contributed by atoms with van der Waals surface area (Å²) < 4.78 is 70.5. The lowest BCUT2D eigenvalue weighted by Crippen LogP contribution is -2.68. The van der Waals surface area contributed by atoms with Crippen molar-refractivity contribution >= 4 is 29.8 Å². The Morgan fingerprint density at radius 2 is 1.19 bits per heavy atom. The molecule has 3 fully saturated rings. The van der Waals surface area contributed by atoms with Crippen molar-refractivity contribution < 1.29 is 80.8 Å². The van der Waals surface area contributed by atoms with Gasteiger partial charge in [-0.25, -0.2) is 0 Å². The van der Waals surface area contributed by atoms with E-state index in [0.717, 1.165) is 20.8 Å². The molecule has 0 spiro atoms. The van der Waals surface area contributed by atoms with Gasteiger partial charge in [0.25, 0.3) is 0 Å². The monoisotopic (exact) mass is 746 g/mol. The van der Waals surface area contributed by atoms with Gasteiger partial charge in [-0.1, -0.05) is 30.3 Å². The van der Waals surface area contributed by atoms with Crippen molar-refractivity contribution in [2.75, 3.05) is 20.3 Å². The molecule has 0 saturated carbocycles. The number of rotatable bonds is 12. The van der Waals surface area contributed by atoms with Crippen LogP contribution in [0.4, 0.5) is 0 Å². The number of benzene rings is 2. The summed E-state index contributed by atoms with van der Waals surface area (Å²) in [6.07, 6.45) is -14.3. The topological polar surface area (TPSA) is 196 Å². The van der Waals surface area contributed by atoms with Gasteiger partial charge in [0.1, 0.15) is 42.5 Å². The molecule has 0 radical (unpaired) electrons. The SMILES string of the molecule is COc1ccc(O[C@@H]2O[C@H](COC(C)=O)[C@@H](O[C@@H]3O[C@@H]4CO[C@@H](c5ccccc5)O[C@H]4[C@H](OC(C)=O)[C@H]3OC(C)=O)[C@H](OC(C)=O)[C@H]2OC(C)=O)cc1. The van der Waals surface area contributed by atoms with E-state index in [1.807, 2.05) is 6.07 Å². The van der Waals surface area contributed by atoms with E-state index in [1.165, 1.54) is 21.0 Å². The molecular weight excluding hydrogens is 704 g/mol. The zero-order valence-corrected chi connectivity index (χ0v) is 29.9. The molecule has 0 N–H and O–H groups in total. The molecule has 3 saturated heterocycles. The Morgan fingerprint density at radius 1 is 0.623 bits per heavy atom. The van der Waals surface area contributed by atoms with E-state index in [0.29, 0.717) is 11.3 Å². The first-order chi connectivity index (χ1) is 25.3. The molecule has 2 aromatic carbocycles. The second kappa shape index (κ2) is 17.8. The van der Waals surface area contributed by atoms with Crippen LogP contribution in [0.3, 0.4) is 0 Å². The van der Waals surface area contributed by atoms with Crippen molar-refractivity contribution in [3.8, 4) is 11.5 Å². The Kier molecular flexibility index (Phi) is 13.2. The van der Waals surface area contributed by atoms with Gasteiger partial charge in [0, 0.05) is 40.2 Å². The van der Waals surface area contributed by atoms with Gasteiger partial charge in [-0.15, -0.1) is 0 Å². The number of hydrogen-bond donors (Lipinski definition) is 0. The molecule has 17 nitrogen and oxygen atoms in total. The highest BCUT2D eigenvalue weighted by molar-refractivity contribution is 5.68. The van der Waals surface area contributed by atoms with Crippen molar-refractivity contribution in [1.82, 2.24) is 0 Å². The van der Waals surface area contributed by atoms with E-state index in [9.17, 15) is 24.0 Å². The fourth-order valence-corrected chi connectivity index (χ4v) is 6.14. The quantitative estimate of drug-likeness (QED) is 0.226. The van der Waals surface area contributed by atoms with Crippen molar-refractivity contribution in [3.05, 3.63) is 60.2 Å². The minimum atomic E-state index is -1.58. The maximum atomic E-state index is 12.6. The third kappa shape index (κ3) is 10.2. The molecule has 0 unspecified atom stereocenters. The van der Waals surface area contributed by atoms with Gasteiger partial charge in [-0.2, -0.15) is 0 Å². The summed E-state index contributed by atoms with van der Waals surface area (Å²) in [5.74, 6) is -2.99. The standard InChI is InChI=1S/C36H42O17/c1-18(37)43-16-26-29(31(46-20(3)39)32(47-21(4)40)35(50-26)49-25-14-12-24(42-6)13-15-25)53-36-33(48-22(5)41)30(45-19(2)38)28-27(51-36)17-44-34(52-28)23-10-8-7-9-11-23/h7-15,26-36H,16-17H2,1-6H3/t26-,27-,28-,29-,30+,31+,32-,33-,34-,35-,36+/m1/s1. The normalized spacial score (nSPS) is 30.8.